The molecule has 5 nitrogen and oxygen atoms in total. The van der Waals surface area contributed by atoms with E-state index in [2.05, 4.69) is 20.9 Å². The molecule has 0 aliphatic carbocycles. The van der Waals surface area contributed by atoms with E-state index in [1.54, 1.807) is 19.2 Å². The number of halogens is 1. The fraction of sp³-hybridized carbons (Fsp3) is 0.300. The Hall–Kier alpha value is -2.89. The molecule has 0 bridgehead atoms. The summed E-state index contributed by atoms with van der Waals surface area (Å²) in [5.41, 5.74) is 2.13. The van der Waals surface area contributed by atoms with Crippen molar-refractivity contribution in [1.29, 1.82) is 0 Å². The molecule has 2 aromatic carbocycles. The first-order valence-corrected chi connectivity index (χ1v) is 8.67. The lowest BCUT2D eigenvalue weighted by Gasteiger charge is -2.12. The zero-order chi connectivity index (χ0) is 18.6. The molecule has 26 heavy (non-hydrogen) atoms. The number of carbonyl (C=O) groups excluding carboxylic acids is 1. The molecule has 0 saturated heterocycles. The van der Waals surface area contributed by atoms with Gasteiger partial charge in [-0.25, -0.2) is 4.39 Å². The van der Waals surface area contributed by atoms with Gasteiger partial charge >= 0.3 is 0 Å². The third-order valence-corrected chi connectivity index (χ3v) is 3.82. The lowest BCUT2D eigenvalue weighted by atomic mass is 10.1. The summed E-state index contributed by atoms with van der Waals surface area (Å²) in [7, 11) is 1.68. The van der Waals surface area contributed by atoms with Crippen LogP contribution in [0.4, 0.5) is 4.39 Å². The Labute approximate surface area is 153 Å². The maximum atomic E-state index is 12.9. The minimum Gasteiger partial charge on any atom is -0.356 e. The number of guanidine groups is 1. The number of nitrogens with zero attached hydrogens (tertiary/aromatic N) is 1. The molecule has 1 amide bonds. The molecule has 0 heterocycles. The van der Waals surface area contributed by atoms with Crippen LogP contribution in [-0.4, -0.2) is 32.0 Å². The van der Waals surface area contributed by atoms with Gasteiger partial charge in [-0.15, -0.1) is 0 Å². The van der Waals surface area contributed by atoms with E-state index in [9.17, 15) is 9.18 Å². The number of rotatable bonds is 8. The molecule has 6 heteroatoms. The molecule has 0 spiro atoms. The van der Waals surface area contributed by atoms with Crippen molar-refractivity contribution in [2.24, 2.45) is 4.99 Å². The Bertz CT molecular complexity index is 702. The largest absolute Gasteiger partial charge is 0.356 e. The predicted molar refractivity (Wildman–Crippen MR) is 102 cm³/mol. The highest BCUT2D eigenvalue weighted by molar-refractivity contribution is 5.81. The van der Waals surface area contributed by atoms with Gasteiger partial charge in [0.1, 0.15) is 5.82 Å². The molecule has 0 unspecified atom stereocenters. The summed E-state index contributed by atoms with van der Waals surface area (Å²) in [5, 5.41) is 9.18. The number of carbonyl (C=O) groups is 1. The van der Waals surface area contributed by atoms with E-state index >= 15 is 0 Å². The summed E-state index contributed by atoms with van der Waals surface area (Å²) in [4.78, 5) is 16.0. The van der Waals surface area contributed by atoms with Crippen LogP contribution in [0.1, 0.15) is 17.5 Å². The van der Waals surface area contributed by atoms with Crippen LogP contribution in [0.5, 0.6) is 0 Å². The van der Waals surface area contributed by atoms with Gasteiger partial charge in [-0.1, -0.05) is 42.5 Å². The van der Waals surface area contributed by atoms with Crippen molar-refractivity contribution in [3.05, 3.63) is 71.5 Å². The molecule has 0 fully saturated rings. The van der Waals surface area contributed by atoms with Crippen LogP contribution in [0.15, 0.2) is 59.6 Å². The fourth-order valence-corrected chi connectivity index (χ4v) is 2.38. The van der Waals surface area contributed by atoms with Gasteiger partial charge < -0.3 is 16.0 Å². The Balaban J connectivity index is 1.60. The number of hydrogen-bond acceptors (Lipinski definition) is 2. The van der Waals surface area contributed by atoms with Crippen LogP contribution in [0.2, 0.25) is 0 Å². The second kappa shape index (κ2) is 10.9. The van der Waals surface area contributed by atoms with Crippen molar-refractivity contribution in [2.45, 2.75) is 19.4 Å². The minimum absolute atomic E-state index is 0.0110. The average Bonchev–Trinajstić information content (AvgIpc) is 2.67. The van der Waals surface area contributed by atoms with Gasteiger partial charge in [0.05, 0.1) is 0 Å². The van der Waals surface area contributed by atoms with Crippen LogP contribution in [-0.2, 0) is 17.8 Å². The molecule has 0 atom stereocenters. The molecule has 0 radical (unpaired) electrons. The van der Waals surface area contributed by atoms with Gasteiger partial charge in [-0.05, 0) is 29.7 Å². The average molecular weight is 356 g/mol. The molecular weight excluding hydrogens is 331 g/mol. The van der Waals surface area contributed by atoms with Gasteiger partial charge in [-0.2, -0.15) is 0 Å². The first-order chi connectivity index (χ1) is 12.7. The number of amides is 1. The van der Waals surface area contributed by atoms with Gasteiger partial charge in [0.25, 0.3) is 0 Å². The van der Waals surface area contributed by atoms with Crippen molar-refractivity contribution in [3.63, 3.8) is 0 Å². The first-order valence-electron chi connectivity index (χ1n) is 8.67. The zero-order valence-electron chi connectivity index (χ0n) is 15.0. The first kappa shape index (κ1) is 19.4. The van der Waals surface area contributed by atoms with E-state index in [-0.39, 0.29) is 11.7 Å². The Kier molecular flexibility index (Phi) is 8.12. The summed E-state index contributed by atoms with van der Waals surface area (Å²) in [6.07, 6.45) is 1.13. The summed E-state index contributed by atoms with van der Waals surface area (Å²) < 4.78 is 12.9. The lowest BCUT2D eigenvalue weighted by molar-refractivity contribution is -0.121. The van der Waals surface area contributed by atoms with E-state index < -0.39 is 0 Å². The number of benzene rings is 2. The van der Waals surface area contributed by atoms with Crippen LogP contribution < -0.4 is 16.0 Å². The van der Waals surface area contributed by atoms with E-state index in [0.717, 1.165) is 17.5 Å². The Morgan fingerprint density at radius 2 is 1.62 bits per heavy atom. The van der Waals surface area contributed by atoms with Crippen molar-refractivity contribution in [2.75, 3.05) is 20.1 Å². The second-order valence-corrected chi connectivity index (χ2v) is 5.81. The van der Waals surface area contributed by atoms with Gasteiger partial charge in [0.2, 0.25) is 5.91 Å². The summed E-state index contributed by atoms with van der Waals surface area (Å²) in [6, 6.07) is 16.2. The highest BCUT2D eigenvalue weighted by atomic mass is 19.1. The zero-order valence-corrected chi connectivity index (χ0v) is 15.0. The van der Waals surface area contributed by atoms with Gasteiger partial charge in [0, 0.05) is 33.1 Å². The van der Waals surface area contributed by atoms with Crippen molar-refractivity contribution in [1.82, 2.24) is 16.0 Å². The van der Waals surface area contributed by atoms with Crippen LogP contribution in [0, 0.1) is 5.82 Å². The molecule has 0 aliphatic heterocycles. The number of aliphatic imine (C=N–C) groups is 1. The highest BCUT2D eigenvalue weighted by Crippen LogP contribution is 2.02. The Morgan fingerprint density at radius 1 is 0.923 bits per heavy atom. The third kappa shape index (κ3) is 7.34. The SMILES string of the molecule is CN=C(NCCC(=O)NCc1ccccc1)NCCc1ccc(F)cc1. The number of nitrogens with one attached hydrogen (secondary N) is 3. The highest BCUT2D eigenvalue weighted by Gasteiger charge is 2.03. The summed E-state index contributed by atoms with van der Waals surface area (Å²) in [5.74, 6) is 0.399. The minimum atomic E-state index is -0.232. The van der Waals surface area contributed by atoms with E-state index in [4.69, 9.17) is 0 Å². The van der Waals surface area contributed by atoms with E-state index in [1.165, 1.54) is 12.1 Å². The van der Waals surface area contributed by atoms with Crippen LogP contribution in [0.3, 0.4) is 0 Å². The molecule has 0 aromatic heterocycles. The normalized spacial score (nSPS) is 11.1. The maximum absolute atomic E-state index is 12.9. The van der Waals surface area contributed by atoms with E-state index in [0.29, 0.717) is 32.0 Å². The molecule has 0 saturated carbocycles. The molecule has 0 aliphatic rings. The van der Waals surface area contributed by atoms with E-state index in [1.807, 2.05) is 30.3 Å². The summed E-state index contributed by atoms with van der Waals surface area (Å²) >= 11 is 0. The third-order valence-electron chi connectivity index (χ3n) is 3.82. The monoisotopic (exact) mass is 356 g/mol. The fourth-order valence-electron chi connectivity index (χ4n) is 2.38. The molecular formula is C20H25FN4O. The van der Waals surface area contributed by atoms with Gasteiger partial charge in [-0.3, -0.25) is 9.79 Å². The van der Waals surface area contributed by atoms with Crippen LogP contribution >= 0.6 is 0 Å². The smallest absolute Gasteiger partial charge is 0.222 e. The van der Waals surface area contributed by atoms with Crippen molar-refractivity contribution in [3.8, 4) is 0 Å². The predicted octanol–water partition coefficient (Wildman–Crippen LogP) is 2.24. The lowest BCUT2D eigenvalue weighted by Crippen LogP contribution is -2.40. The van der Waals surface area contributed by atoms with Crippen LogP contribution in [0.25, 0.3) is 0 Å². The van der Waals surface area contributed by atoms with Crippen molar-refractivity contribution >= 4 is 11.9 Å². The quantitative estimate of drug-likeness (QED) is 0.502. The second-order valence-electron chi connectivity index (χ2n) is 5.81. The molecule has 2 rings (SSSR count). The molecule has 138 valence electrons. The number of hydrogen-bond donors (Lipinski definition) is 3. The standard InChI is InChI=1S/C20H25FN4O/c1-22-20(23-13-11-16-7-9-18(21)10-8-16)24-14-12-19(26)25-15-17-5-3-2-4-6-17/h2-10H,11-15H2,1H3,(H,25,26)(H2,22,23,24). The van der Waals surface area contributed by atoms with Gasteiger partial charge in [0.15, 0.2) is 5.96 Å². The van der Waals surface area contributed by atoms with Crippen molar-refractivity contribution < 1.29 is 9.18 Å². The topological polar surface area (TPSA) is 65.5 Å². The molecule has 2 aromatic rings. The summed E-state index contributed by atoms with van der Waals surface area (Å²) in [6.45, 7) is 1.70. The molecule has 3 N–H and O–H groups in total. The maximum Gasteiger partial charge on any atom is 0.222 e. The Morgan fingerprint density at radius 3 is 2.31 bits per heavy atom.